The Balaban J connectivity index is 1.05. The van der Waals surface area contributed by atoms with Crippen molar-refractivity contribution < 1.29 is 4.39 Å². The van der Waals surface area contributed by atoms with Gasteiger partial charge in [-0.25, -0.2) is 14.4 Å². The number of benzene rings is 8. The third-order valence-corrected chi connectivity index (χ3v) is 10.1. The van der Waals surface area contributed by atoms with Crippen molar-refractivity contribution in [3.63, 3.8) is 0 Å². The largest absolute Gasteiger partial charge is 0.309 e. The highest BCUT2D eigenvalue weighted by atomic mass is 19.1. The summed E-state index contributed by atoms with van der Waals surface area (Å²) >= 11 is 0. The molecule has 52 heavy (non-hydrogen) atoms. The van der Waals surface area contributed by atoms with E-state index in [4.69, 9.17) is 9.97 Å². The molecule has 0 aliphatic heterocycles. The van der Waals surface area contributed by atoms with Gasteiger partial charge in [0.2, 0.25) is 0 Å². The molecule has 4 heteroatoms. The predicted molar refractivity (Wildman–Crippen MR) is 213 cm³/mol. The smallest absolute Gasteiger partial charge is 0.160 e. The van der Waals surface area contributed by atoms with Gasteiger partial charge in [-0.2, -0.15) is 0 Å². The summed E-state index contributed by atoms with van der Waals surface area (Å²) < 4.78 is 16.1. The van der Waals surface area contributed by atoms with E-state index in [2.05, 4.69) is 150 Å². The Hall–Kier alpha value is -6.91. The van der Waals surface area contributed by atoms with Crippen molar-refractivity contribution in [2.24, 2.45) is 0 Å². The lowest BCUT2D eigenvalue weighted by Gasteiger charge is -2.14. The fraction of sp³-hybridized carbons (Fsp3) is 0. The Labute approximate surface area is 299 Å². The van der Waals surface area contributed by atoms with E-state index in [-0.39, 0.29) is 5.82 Å². The highest BCUT2D eigenvalue weighted by Gasteiger charge is 2.15. The third kappa shape index (κ3) is 4.96. The molecule has 0 bridgehead atoms. The van der Waals surface area contributed by atoms with E-state index in [1.54, 1.807) is 0 Å². The molecule has 0 atom stereocenters. The highest BCUT2D eigenvalue weighted by Crippen LogP contribution is 2.38. The quantitative estimate of drug-likeness (QED) is 0.183. The zero-order chi connectivity index (χ0) is 34.6. The van der Waals surface area contributed by atoms with Gasteiger partial charge in [0.25, 0.3) is 0 Å². The number of halogens is 1. The second kappa shape index (κ2) is 12.1. The first-order chi connectivity index (χ1) is 25.7. The fourth-order valence-electron chi connectivity index (χ4n) is 7.65. The van der Waals surface area contributed by atoms with Gasteiger partial charge in [0.05, 0.1) is 22.2 Å². The van der Waals surface area contributed by atoms with Crippen molar-refractivity contribution in [3.8, 4) is 50.6 Å². The Bertz CT molecular complexity index is 2880. The van der Waals surface area contributed by atoms with Crippen LogP contribution in [-0.4, -0.2) is 14.5 Å². The fourth-order valence-corrected chi connectivity index (χ4v) is 7.65. The SMILES string of the molecule is Fc1ccc(-c2cccc3cccc(-c4ccc(-c5nc(-c6ccc(-n7c8ccccc8c8ccccc87)cc6)nc6ccccc56)cc4)c23)cc1. The van der Waals surface area contributed by atoms with Gasteiger partial charge >= 0.3 is 0 Å². The number of para-hydroxylation sites is 3. The summed E-state index contributed by atoms with van der Waals surface area (Å²) in [5, 5.41) is 5.76. The summed E-state index contributed by atoms with van der Waals surface area (Å²) in [7, 11) is 0. The molecule has 2 heterocycles. The Morgan fingerprint density at radius 3 is 1.56 bits per heavy atom. The van der Waals surface area contributed by atoms with Crippen molar-refractivity contribution in [1.82, 2.24) is 14.5 Å². The van der Waals surface area contributed by atoms with E-state index >= 15 is 0 Å². The summed E-state index contributed by atoms with van der Waals surface area (Å²) in [5.41, 5.74) is 11.5. The van der Waals surface area contributed by atoms with Crippen molar-refractivity contribution in [2.75, 3.05) is 0 Å². The lowest BCUT2D eigenvalue weighted by molar-refractivity contribution is 0.628. The first-order valence-corrected chi connectivity index (χ1v) is 17.4. The van der Waals surface area contributed by atoms with Crippen molar-refractivity contribution in [3.05, 3.63) is 188 Å². The normalized spacial score (nSPS) is 11.6. The number of aromatic nitrogens is 3. The molecule has 0 unspecified atom stereocenters. The Morgan fingerprint density at radius 1 is 0.404 bits per heavy atom. The summed E-state index contributed by atoms with van der Waals surface area (Å²) in [6.07, 6.45) is 0. The van der Waals surface area contributed by atoms with Crippen LogP contribution in [0.15, 0.2) is 182 Å². The monoisotopic (exact) mass is 667 g/mol. The van der Waals surface area contributed by atoms with E-state index in [0.29, 0.717) is 5.82 Å². The standard InChI is InChI=1S/C48H30FN3/c49-36-27-23-32(24-28-36)39-15-8-10-33-9-7-14-38(46(33)39)31-19-21-34(22-20-31)47-42-13-1-4-16-43(42)50-48(51-47)35-25-29-37(30-26-35)52-44-17-5-2-11-40(44)41-12-3-6-18-45(41)52/h1-30H. The average molecular weight is 668 g/mol. The highest BCUT2D eigenvalue weighted by molar-refractivity contribution is 6.09. The Morgan fingerprint density at radius 2 is 0.923 bits per heavy atom. The summed E-state index contributed by atoms with van der Waals surface area (Å²) in [4.78, 5) is 10.2. The first-order valence-electron chi connectivity index (χ1n) is 17.4. The predicted octanol–water partition coefficient (Wildman–Crippen LogP) is 12.7. The molecule has 244 valence electrons. The maximum absolute atomic E-state index is 13.8. The van der Waals surface area contributed by atoms with Crippen LogP contribution in [0.5, 0.6) is 0 Å². The van der Waals surface area contributed by atoms with Crippen LogP contribution >= 0.6 is 0 Å². The van der Waals surface area contributed by atoms with E-state index in [1.807, 2.05) is 24.3 Å². The molecule has 0 fully saturated rings. The summed E-state index contributed by atoms with van der Waals surface area (Å²) in [5.74, 6) is 0.446. The molecule has 10 aromatic rings. The zero-order valence-electron chi connectivity index (χ0n) is 28.0. The van der Waals surface area contributed by atoms with Gasteiger partial charge in [0.1, 0.15) is 5.82 Å². The number of fused-ring (bicyclic) bond motifs is 5. The second-order valence-electron chi connectivity index (χ2n) is 13.1. The molecule has 3 nitrogen and oxygen atoms in total. The van der Waals surface area contributed by atoms with Crippen molar-refractivity contribution in [2.45, 2.75) is 0 Å². The number of hydrogen-bond acceptors (Lipinski definition) is 2. The topological polar surface area (TPSA) is 30.7 Å². The van der Waals surface area contributed by atoms with Crippen LogP contribution in [0, 0.1) is 5.82 Å². The molecule has 0 saturated carbocycles. The van der Waals surface area contributed by atoms with Crippen LogP contribution in [0.3, 0.4) is 0 Å². The van der Waals surface area contributed by atoms with E-state index < -0.39 is 0 Å². The minimum Gasteiger partial charge on any atom is -0.309 e. The first kappa shape index (κ1) is 30.0. The van der Waals surface area contributed by atoms with Gasteiger partial charge in [-0.1, -0.05) is 127 Å². The molecule has 2 aromatic heterocycles. The van der Waals surface area contributed by atoms with Crippen LogP contribution in [0.25, 0.3) is 94.1 Å². The molecule has 0 N–H and O–H groups in total. The van der Waals surface area contributed by atoms with E-state index in [1.165, 1.54) is 33.9 Å². The average Bonchev–Trinajstić information content (AvgIpc) is 3.55. The molecular formula is C48H30FN3. The minimum absolute atomic E-state index is 0.239. The molecule has 0 aliphatic carbocycles. The van der Waals surface area contributed by atoms with Crippen LogP contribution in [0.1, 0.15) is 0 Å². The molecule has 0 amide bonds. The van der Waals surface area contributed by atoms with Gasteiger partial charge in [0.15, 0.2) is 5.82 Å². The molecule has 0 radical (unpaired) electrons. The van der Waals surface area contributed by atoms with Crippen LogP contribution < -0.4 is 0 Å². The second-order valence-corrected chi connectivity index (χ2v) is 13.1. The van der Waals surface area contributed by atoms with E-state index in [0.717, 1.165) is 66.4 Å². The van der Waals surface area contributed by atoms with Crippen LogP contribution in [0.2, 0.25) is 0 Å². The molecule has 0 saturated heterocycles. The lowest BCUT2D eigenvalue weighted by atomic mass is 9.91. The third-order valence-electron chi connectivity index (χ3n) is 10.1. The minimum atomic E-state index is -0.239. The van der Waals surface area contributed by atoms with Gasteiger partial charge in [-0.3, -0.25) is 0 Å². The van der Waals surface area contributed by atoms with Crippen molar-refractivity contribution >= 4 is 43.5 Å². The number of nitrogens with zero attached hydrogens (tertiary/aromatic N) is 3. The lowest BCUT2D eigenvalue weighted by Crippen LogP contribution is -1.97. The van der Waals surface area contributed by atoms with Gasteiger partial charge < -0.3 is 4.57 Å². The maximum atomic E-state index is 13.8. The van der Waals surface area contributed by atoms with E-state index in [9.17, 15) is 4.39 Å². The number of hydrogen-bond donors (Lipinski definition) is 0. The maximum Gasteiger partial charge on any atom is 0.160 e. The van der Waals surface area contributed by atoms with Gasteiger partial charge in [-0.15, -0.1) is 0 Å². The molecule has 0 aliphatic rings. The zero-order valence-corrected chi connectivity index (χ0v) is 28.0. The molecule has 10 rings (SSSR count). The van der Waals surface area contributed by atoms with Crippen LogP contribution in [0.4, 0.5) is 4.39 Å². The van der Waals surface area contributed by atoms with Crippen molar-refractivity contribution in [1.29, 1.82) is 0 Å². The molecular weight excluding hydrogens is 638 g/mol. The molecule has 0 spiro atoms. The van der Waals surface area contributed by atoms with Crippen LogP contribution in [-0.2, 0) is 0 Å². The van der Waals surface area contributed by atoms with Gasteiger partial charge in [0, 0.05) is 33.0 Å². The summed E-state index contributed by atoms with van der Waals surface area (Å²) in [6.45, 7) is 0. The molecule has 8 aromatic carbocycles. The summed E-state index contributed by atoms with van der Waals surface area (Å²) in [6, 6.07) is 61.9. The number of rotatable bonds is 5. The van der Waals surface area contributed by atoms with Gasteiger partial charge in [-0.05, 0) is 87.6 Å². The Kier molecular flexibility index (Phi) is 7.00.